The zero-order chi connectivity index (χ0) is 15.2. The van der Waals surface area contributed by atoms with Crippen LogP contribution in [-0.2, 0) is 4.79 Å². The summed E-state index contributed by atoms with van der Waals surface area (Å²) in [5, 5.41) is 12.1. The zero-order valence-electron chi connectivity index (χ0n) is 12.6. The van der Waals surface area contributed by atoms with E-state index in [1.807, 2.05) is 13.8 Å². The Bertz CT molecular complexity index is 373. The molecule has 1 saturated carbocycles. The molecule has 1 rings (SSSR count). The van der Waals surface area contributed by atoms with Gasteiger partial charge in [0.15, 0.2) is 0 Å². The standard InChI is InChI=1S/C15H26N2O3/c1-4-17(11-12(2)3)14(20)16-15(10-13(18)19)8-6-5-7-9-15/h2,4-11H2,1,3H3,(H,16,20)(H,18,19). The average molecular weight is 282 g/mol. The molecule has 2 amide bonds. The Kier molecular flexibility index (Phi) is 6.05. The molecule has 0 aromatic carbocycles. The molecule has 1 aliphatic carbocycles. The maximum absolute atomic E-state index is 12.3. The number of carboxylic acid groups (broad SMARTS) is 1. The number of carbonyl (C=O) groups is 2. The molecule has 0 heterocycles. The van der Waals surface area contributed by atoms with Crippen molar-refractivity contribution in [2.24, 2.45) is 0 Å². The van der Waals surface area contributed by atoms with Gasteiger partial charge in [-0.2, -0.15) is 0 Å². The van der Waals surface area contributed by atoms with Gasteiger partial charge in [0.2, 0.25) is 0 Å². The van der Waals surface area contributed by atoms with Gasteiger partial charge in [-0.05, 0) is 26.7 Å². The predicted molar refractivity (Wildman–Crippen MR) is 78.7 cm³/mol. The average Bonchev–Trinajstić information content (AvgIpc) is 2.35. The number of carbonyl (C=O) groups excluding carboxylic acids is 1. The highest BCUT2D eigenvalue weighted by molar-refractivity contribution is 5.77. The van der Waals surface area contributed by atoms with Crippen molar-refractivity contribution in [1.82, 2.24) is 10.2 Å². The van der Waals surface area contributed by atoms with Crippen LogP contribution in [0, 0.1) is 0 Å². The van der Waals surface area contributed by atoms with Crippen LogP contribution in [0.4, 0.5) is 4.79 Å². The Hall–Kier alpha value is -1.52. The van der Waals surface area contributed by atoms with Gasteiger partial charge in [-0.3, -0.25) is 4.79 Å². The molecule has 0 spiro atoms. The first-order valence-corrected chi connectivity index (χ1v) is 7.32. The molecule has 0 bridgehead atoms. The number of urea groups is 1. The van der Waals surface area contributed by atoms with Crippen molar-refractivity contribution in [2.45, 2.75) is 57.9 Å². The molecule has 0 radical (unpaired) electrons. The number of rotatable bonds is 6. The number of carboxylic acids is 1. The van der Waals surface area contributed by atoms with Gasteiger partial charge in [-0.25, -0.2) is 4.79 Å². The van der Waals surface area contributed by atoms with E-state index in [0.29, 0.717) is 13.1 Å². The molecule has 1 aliphatic rings. The lowest BCUT2D eigenvalue weighted by atomic mass is 9.79. The van der Waals surface area contributed by atoms with E-state index >= 15 is 0 Å². The first-order chi connectivity index (χ1) is 9.38. The van der Waals surface area contributed by atoms with E-state index < -0.39 is 11.5 Å². The van der Waals surface area contributed by atoms with E-state index in [2.05, 4.69) is 11.9 Å². The topological polar surface area (TPSA) is 69.6 Å². The number of likely N-dealkylation sites (N-methyl/N-ethyl adjacent to an activating group) is 1. The number of nitrogens with one attached hydrogen (secondary N) is 1. The smallest absolute Gasteiger partial charge is 0.318 e. The number of hydrogen-bond donors (Lipinski definition) is 2. The molecule has 5 heteroatoms. The quantitative estimate of drug-likeness (QED) is 0.736. The molecular formula is C15H26N2O3. The Morgan fingerprint density at radius 3 is 2.35 bits per heavy atom. The van der Waals surface area contributed by atoms with Gasteiger partial charge in [0.05, 0.1) is 12.0 Å². The monoisotopic (exact) mass is 282 g/mol. The number of nitrogens with zero attached hydrogens (tertiary/aromatic N) is 1. The first-order valence-electron chi connectivity index (χ1n) is 7.32. The van der Waals surface area contributed by atoms with E-state index in [1.165, 1.54) is 0 Å². The van der Waals surface area contributed by atoms with E-state index in [1.54, 1.807) is 4.90 Å². The van der Waals surface area contributed by atoms with Crippen LogP contribution in [0.3, 0.4) is 0 Å². The highest BCUT2D eigenvalue weighted by Crippen LogP contribution is 2.31. The molecule has 20 heavy (non-hydrogen) atoms. The van der Waals surface area contributed by atoms with Crippen LogP contribution in [0.1, 0.15) is 52.4 Å². The van der Waals surface area contributed by atoms with Gasteiger partial charge >= 0.3 is 12.0 Å². The summed E-state index contributed by atoms with van der Waals surface area (Å²) in [6.45, 7) is 8.70. The van der Waals surface area contributed by atoms with Gasteiger partial charge < -0.3 is 15.3 Å². The van der Waals surface area contributed by atoms with Crippen LogP contribution in [0.15, 0.2) is 12.2 Å². The zero-order valence-corrected chi connectivity index (χ0v) is 12.6. The van der Waals surface area contributed by atoms with Crippen LogP contribution in [0.25, 0.3) is 0 Å². The van der Waals surface area contributed by atoms with E-state index in [9.17, 15) is 9.59 Å². The molecule has 0 aromatic rings. The highest BCUT2D eigenvalue weighted by atomic mass is 16.4. The van der Waals surface area contributed by atoms with Crippen molar-refractivity contribution < 1.29 is 14.7 Å². The molecule has 1 fully saturated rings. The summed E-state index contributed by atoms with van der Waals surface area (Å²) in [5.74, 6) is -0.852. The lowest BCUT2D eigenvalue weighted by molar-refractivity contribution is -0.139. The third-order valence-electron chi connectivity index (χ3n) is 3.80. The molecular weight excluding hydrogens is 256 g/mol. The predicted octanol–water partition coefficient (Wildman–Crippen LogP) is 2.77. The maximum atomic E-state index is 12.3. The number of hydrogen-bond acceptors (Lipinski definition) is 2. The second-order valence-corrected chi connectivity index (χ2v) is 5.81. The third-order valence-corrected chi connectivity index (χ3v) is 3.80. The van der Waals surface area contributed by atoms with Crippen LogP contribution in [0.5, 0.6) is 0 Å². The normalized spacial score (nSPS) is 17.3. The third kappa shape index (κ3) is 4.87. The Morgan fingerprint density at radius 2 is 1.90 bits per heavy atom. The van der Waals surface area contributed by atoms with Crippen LogP contribution in [-0.4, -0.2) is 40.6 Å². The minimum Gasteiger partial charge on any atom is -0.481 e. The fourth-order valence-corrected chi connectivity index (χ4v) is 2.82. The molecule has 0 aliphatic heterocycles. The summed E-state index contributed by atoms with van der Waals surface area (Å²) in [7, 11) is 0. The Morgan fingerprint density at radius 1 is 1.30 bits per heavy atom. The number of amides is 2. The van der Waals surface area contributed by atoms with Crippen molar-refractivity contribution in [3.63, 3.8) is 0 Å². The molecule has 114 valence electrons. The van der Waals surface area contributed by atoms with Gasteiger partial charge in [0, 0.05) is 13.1 Å². The molecule has 5 nitrogen and oxygen atoms in total. The second-order valence-electron chi connectivity index (χ2n) is 5.81. The van der Waals surface area contributed by atoms with Crippen molar-refractivity contribution >= 4 is 12.0 Å². The lowest BCUT2D eigenvalue weighted by Gasteiger charge is -2.38. The first kappa shape index (κ1) is 16.5. The largest absolute Gasteiger partial charge is 0.481 e. The summed E-state index contributed by atoms with van der Waals surface area (Å²) in [6.07, 6.45) is 4.55. The number of aliphatic carboxylic acids is 1. The Balaban J connectivity index is 2.75. The van der Waals surface area contributed by atoms with Gasteiger partial charge in [-0.1, -0.05) is 31.4 Å². The van der Waals surface area contributed by atoms with Gasteiger partial charge in [-0.15, -0.1) is 0 Å². The fraction of sp³-hybridized carbons (Fsp3) is 0.733. The molecule has 0 saturated heterocycles. The van der Waals surface area contributed by atoms with Gasteiger partial charge in [0.25, 0.3) is 0 Å². The summed E-state index contributed by atoms with van der Waals surface area (Å²) >= 11 is 0. The van der Waals surface area contributed by atoms with Crippen molar-refractivity contribution in [1.29, 1.82) is 0 Å². The molecule has 2 N–H and O–H groups in total. The van der Waals surface area contributed by atoms with Crippen molar-refractivity contribution in [3.05, 3.63) is 12.2 Å². The maximum Gasteiger partial charge on any atom is 0.318 e. The van der Waals surface area contributed by atoms with E-state index in [0.717, 1.165) is 37.7 Å². The van der Waals surface area contributed by atoms with E-state index in [4.69, 9.17) is 5.11 Å². The minimum atomic E-state index is -0.852. The molecule has 0 aromatic heterocycles. The van der Waals surface area contributed by atoms with Crippen LogP contribution in [0.2, 0.25) is 0 Å². The summed E-state index contributed by atoms with van der Waals surface area (Å²) in [4.78, 5) is 25.1. The summed E-state index contributed by atoms with van der Waals surface area (Å²) in [6, 6.07) is -0.182. The van der Waals surface area contributed by atoms with Crippen molar-refractivity contribution in [3.8, 4) is 0 Å². The van der Waals surface area contributed by atoms with Gasteiger partial charge in [0.1, 0.15) is 0 Å². The van der Waals surface area contributed by atoms with Crippen LogP contribution < -0.4 is 5.32 Å². The minimum absolute atomic E-state index is 0.00334. The SMILES string of the molecule is C=C(C)CN(CC)C(=O)NC1(CC(=O)O)CCCCC1. The Labute approximate surface area is 121 Å². The highest BCUT2D eigenvalue weighted by Gasteiger charge is 2.36. The fourth-order valence-electron chi connectivity index (χ4n) is 2.82. The van der Waals surface area contributed by atoms with Crippen LogP contribution >= 0.6 is 0 Å². The molecule has 0 unspecified atom stereocenters. The second kappa shape index (κ2) is 7.31. The summed E-state index contributed by atoms with van der Waals surface area (Å²) in [5.41, 5.74) is 0.335. The van der Waals surface area contributed by atoms with Crippen molar-refractivity contribution in [2.75, 3.05) is 13.1 Å². The molecule has 0 atom stereocenters. The van der Waals surface area contributed by atoms with E-state index in [-0.39, 0.29) is 12.5 Å². The lowest BCUT2D eigenvalue weighted by Crippen LogP contribution is -2.55. The summed E-state index contributed by atoms with van der Waals surface area (Å²) < 4.78 is 0.